The highest BCUT2D eigenvalue weighted by Crippen LogP contribution is 2.42. The second kappa shape index (κ2) is 5.68. The topological polar surface area (TPSA) is 64.1 Å². The van der Waals surface area contributed by atoms with E-state index in [0.29, 0.717) is 23.2 Å². The minimum absolute atomic E-state index is 0.165. The summed E-state index contributed by atoms with van der Waals surface area (Å²) in [5.74, 6) is 0.393. The third-order valence-corrected chi connectivity index (χ3v) is 4.09. The largest absolute Gasteiger partial charge is 0.380 e. The highest BCUT2D eigenvalue weighted by molar-refractivity contribution is 7.15. The average molecular weight is 289 g/mol. The molecule has 6 heteroatoms. The number of ether oxygens (including phenoxy) is 1. The van der Waals surface area contributed by atoms with Crippen molar-refractivity contribution in [2.75, 3.05) is 12.4 Å². The van der Waals surface area contributed by atoms with Gasteiger partial charge in [-0.15, -0.1) is 10.2 Å². The van der Waals surface area contributed by atoms with E-state index in [1.54, 1.807) is 13.2 Å². The zero-order chi connectivity index (χ0) is 13.9. The number of hydrogen-bond donors (Lipinski definition) is 1. The van der Waals surface area contributed by atoms with E-state index in [0.717, 1.165) is 10.6 Å². The van der Waals surface area contributed by atoms with Crippen LogP contribution in [0.5, 0.6) is 0 Å². The smallest absolute Gasteiger partial charge is 0.257 e. The Hall–Kier alpha value is -1.79. The fraction of sp³-hybridized carbons (Fsp3) is 0.357. The van der Waals surface area contributed by atoms with Gasteiger partial charge in [0.2, 0.25) is 5.13 Å². The maximum Gasteiger partial charge on any atom is 0.257 e. The van der Waals surface area contributed by atoms with E-state index < -0.39 is 0 Å². The molecular weight excluding hydrogens is 274 g/mol. The van der Waals surface area contributed by atoms with Crippen molar-refractivity contribution in [1.82, 2.24) is 10.2 Å². The van der Waals surface area contributed by atoms with Crippen LogP contribution >= 0.6 is 11.3 Å². The second-order valence-corrected chi connectivity index (χ2v) is 5.82. The molecule has 3 rings (SSSR count). The van der Waals surface area contributed by atoms with E-state index in [-0.39, 0.29) is 5.91 Å². The second-order valence-electron chi connectivity index (χ2n) is 4.81. The molecule has 5 nitrogen and oxygen atoms in total. The fourth-order valence-corrected chi connectivity index (χ4v) is 2.83. The molecule has 1 aliphatic carbocycles. The van der Waals surface area contributed by atoms with E-state index >= 15 is 0 Å². The molecule has 1 N–H and O–H groups in total. The summed E-state index contributed by atoms with van der Waals surface area (Å²) in [5, 5.41) is 12.5. The summed E-state index contributed by atoms with van der Waals surface area (Å²) in [7, 11) is 1.63. The maximum atomic E-state index is 12.2. The normalized spacial score (nSPS) is 14.2. The molecular formula is C14H15N3O2S. The highest BCUT2D eigenvalue weighted by atomic mass is 32.1. The lowest BCUT2D eigenvalue weighted by Gasteiger charge is -2.04. The van der Waals surface area contributed by atoms with Gasteiger partial charge in [0.1, 0.15) is 5.01 Å². The summed E-state index contributed by atoms with van der Waals surface area (Å²) in [5.41, 5.74) is 1.57. The van der Waals surface area contributed by atoms with Crippen LogP contribution in [0.1, 0.15) is 39.7 Å². The summed E-state index contributed by atoms with van der Waals surface area (Å²) >= 11 is 1.46. The molecule has 1 aromatic carbocycles. The Balaban J connectivity index is 1.69. The molecule has 1 aliphatic rings. The number of carbonyl (C=O) groups is 1. The number of aromatic nitrogens is 2. The van der Waals surface area contributed by atoms with Gasteiger partial charge in [0.15, 0.2) is 0 Å². The van der Waals surface area contributed by atoms with Crippen LogP contribution in [0.3, 0.4) is 0 Å². The first-order valence-corrected chi connectivity index (χ1v) is 7.30. The molecule has 0 atom stereocenters. The van der Waals surface area contributed by atoms with Gasteiger partial charge in [-0.05, 0) is 30.5 Å². The van der Waals surface area contributed by atoms with Crippen LogP contribution in [-0.2, 0) is 11.3 Å². The molecule has 1 saturated carbocycles. The average Bonchev–Trinajstić information content (AvgIpc) is 3.20. The van der Waals surface area contributed by atoms with Crippen molar-refractivity contribution in [3.05, 3.63) is 40.4 Å². The van der Waals surface area contributed by atoms with Crippen LogP contribution in [0, 0.1) is 0 Å². The number of carbonyl (C=O) groups excluding carboxylic acids is 1. The van der Waals surface area contributed by atoms with Gasteiger partial charge in [0, 0.05) is 18.6 Å². The SMILES string of the molecule is COCc1cccc(C(=O)Nc2nnc(C3CC3)s2)c1. The Bertz CT molecular complexity index is 622. The van der Waals surface area contributed by atoms with Gasteiger partial charge in [-0.1, -0.05) is 23.5 Å². The van der Waals surface area contributed by atoms with Gasteiger partial charge in [0.05, 0.1) is 6.61 Å². The first kappa shape index (κ1) is 13.2. The molecule has 2 aromatic rings. The maximum absolute atomic E-state index is 12.2. The minimum Gasteiger partial charge on any atom is -0.380 e. The minimum atomic E-state index is -0.165. The lowest BCUT2D eigenvalue weighted by atomic mass is 10.1. The number of hydrogen-bond acceptors (Lipinski definition) is 5. The third kappa shape index (κ3) is 3.02. The number of methoxy groups -OCH3 is 1. The predicted octanol–water partition coefficient (Wildman–Crippen LogP) is 2.81. The van der Waals surface area contributed by atoms with Crippen molar-refractivity contribution in [2.45, 2.75) is 25.4 Å². The van der Waals surface area contributed by atoms with Crippen molar-refractivity contribution in [1.29, 1.82) is 0 Å². The summed E-state index contributed by atoms with van der Waals surface area (Å²) in [6.07, 6.45) is 2.36. The zero-order valence-corrected chi connectivity index (χ0v) is 11.9. The van der Waals surface area contributed by atoms with E-state index in [9.17, 15) is 4.79 Å². The molecule has 0 bridgehead atoms. The van der Waals surface area contributed by atoms with Crippen molar-refractivity contribution in [3.8, 4) is 0 Å². The van der Waals surface area contributed by atoms with E-state index in [1.807, 2.05) is 18.2 Å². The molecule has 1 amide bonds. The molecule has 0 aliphatic heterocycles. The van der Waals surface area contributed by atoms with Crippen molar-refractivity contribution in [3.63, 3.8) is 0 Å². The highest BCUT2D eigenvalue weighted by Gasteiger charge is 2.27. The molecule has 1 fully saturated rings. The van der Waals surface area contributed by atoms with Crippen LogP contribution in [0.25, 0.3) is 0 Å². The van der Waals surface area contributed by atoms with Gasteiger partial charge in [0.25, 0.3) is 5.91 Å². The lowest BCUT2D eigenvalue weighted by Crippen LogP contribution is -2.12. The summed E-state index contributed by atoms with van der Waals surface area (Å²) < 4.78 is 5.07. The Morgan fingerprint density at radius 3 is 3.05 bits per heavy atom. The Labute approximate surface area is 121 Å². The molecule has 1 heterocycles. The molecule has 0 radical (unpaired) electrons. The van der Waals surface area contributed by atoms with Gasteiger partial charge >= 0.3 is 0 Å². The summed E-state index contributed by atoms with van der Waals surface area (Å²) in [6.45, 7) is 0.492. The number of anilines is 1. The third-order valence-electron chi connectivity index (χ3n) is 3.09. The molecule has 1 aromatic heterocycles. The fourth-order valence-electron chi connectivity index (χ4n) is 1.92. The molecule has 0 spiro atoms. The van der Waals surface area contributed by atoms with Gasteiger partial charge in [-0.2, -0.15) is 0 Å². The molecule has 0 saturated heterocycles. The van der Waals surface area contributed by atoms with Crippen molar-refractivity contribution >= 4 is 22.4 Å². The van der Waals surface area contributed by atoms with Gasteiger partial charge in [-0.3, -0.25) is 10.1 Å². The first-order chi connectivity index (χ1) is 9.76. The number of benzene rings is 1. The number of rotatable bonds is 5. The standard InChI is InChI=1S/C14H15N3O2S/c1-19-8-9-3-2-4-11(7-9)12(18)15-14-17-16-13(20-14)10-5-6-10/h2-4,7,10H,5-6,8H2,1H3,(H,15,17,18). The Morgan fingerprint density at radius 2 is 2.30 bits per heavy atom. The van der Waals surface area contributed by atoms with Crippen LogP contribution in [0.4, 0.5) is 5.13 Å². The van der Waals surface area contributed by atoms with Crippen LogP contribution in [0.2, 0.25) is 0 Å². The monoisotopic (exact) mass is 289 g/mol. The van der Waals surface area contributed by atoms with Gasteiger partial charge < -0.3 is 4.74 Å². The molecule has 104 valence electrons. The number of nitrogens with zero attached hydrogens (tertiary/aromatic N) is 2. The number of nitrogens with one attached hydrogen (secondary N) is 1. The lowest BCUT2D eigenvalue weighted by molar-refractivity contribution is 0.102. The van der Waals surface area contributed by atoms with Crippen LogP contribution in [-0.4, -0.2) is 23.2 Å². The van der Waals surface area contributed by atoms with Crippen LogP contribution in [0.15, 0.2) is 24.3 Å². The quantitative estimate of drug-likeness (QED) is 0.919. The predicted molar refractivity (Wildman–Crippen MR) is 77.0 cm³/mol. The van der Waals surface area contributed by atoms with E-state index in [2.05, 4.69) is 15.5 Å². The summed E-state index contributed by atoms with van der Waals surface area (Å²) in [6, 6.07) is 7.37. The number of amides is 1. The summed E-state index contributed by atoms with van der Waals surface area (Å²) in [4.78, 5) is 12.2. The zero-order valence-electron chi connectivity index (χ0n) is 11.1. The van der Waals surface area contributed by atoms with E-state index in [4.69, 9.17) is 4.74 Å². The first-order valence-electron chi connectivity index (χ1n) is 6.49. The van der Waals surface area contributed by atoms with Crippen molar-refractivity contribution < 1.29 is 9.53 Å². The van der Waals surface area contributed by atoms with E-state index in [1.165, 1.54) is 24.2 Å². The Kier molecular flexibility index (Phi) is 3.75. The van der Waals surface area contributed by atoms with Crippen molar-refractivity contribution in [2.24, 2.45) is 0 Å². The Morgan fingerprint density at radius 1 is 1.45 bits per heavy atom. The molecule has 20 heavy (non-hydrogen) atoms. The molecule has 0 unspecified atom stereocenters. The van der Waals surface area contributed by atoms with Gasteiger partial charge in [-0.25, -0.2) is 0 Å². The van der Waals surface area contributed by atoms with Crippen LogP contribution < -0.4 is 5.32 Å².